The van der Waals surface area contributed by atoms with E-state index >= 15 is 0 Å². The number of carbonyl (C=O) groups is 1. The van der Waals surface area contributed by atoms with Crippen molar-refractivity contribution >= 4 is 28.3 Å². The maximum absolute atomic E-state index is 14.1. The number of nitrogens with zero attached hydrogens (tertiary/aromatic N) is 5. The molecule has 0 spiro atoms. The lowest BCUT2D eigenvalue weighted by Gasteiger charge is -2.14. The van der Waals surface area contributed by atoms with E-state index in [1.165, 1.54) is 53.6 Å². The van der Waals surface area contributed by atoms with Crippen LogP contribution in [0.15, 0.2) is 66.1 Å². The van der Waals surface area contributed by atoms with Crippen LogP contribution in [0.2, 0.25) is 5.02 Å². The second-order valence-electron chi connectivity index (χ2n) is 7.68. The van der Waals surface area contributed by atoms with Gasteiger partial charge in [0.25, 0.3) is 5.56 Å². The Balaban J connectivity index is 1.51. The minimum atomic E-state index is -5.00. The molecule has 10 nitrogen and oxygen atoms in total. The maximum Gasteiger partial charge on any atom is 0.434 e. The van der Waals surface area contributed by atoms with E-state index in [1.807, 2.05) is 0 Å². The van der Waals surface area contributed by atoms with Crippen molar-refractivity contribution in [3.8, 4) is 17.3 Å². The predicted octanol–water partition coefficient (Wildman–Crippen LogP) is 3.68. The number of ether oxygens (including phenoxy) is 1. The van der Waals surface area contributed by atoms with Crippen molar-refractivity contribution in [1.29, 1.82) is 0 Å². The Kier molecular flexibility index (Phi) is 6.01. The fraction of sp³-hybridized carbons (Fsp3) is 0.0870. The van der Waals surface area contributed by atoms with Gasteiger partial charge in [0.1, 0.15) is 5.56 Å². The van der Waals surface area contributed by atoms with E-state index in [2.05, 4.69) is 20.2 Å². The second kappa shape index (κ2) is 9.19. The largest absolute Gasteiger partial charge is 0.434 e. The van der Waals surface area contributed by atoms with Crippen LogP contribution in [0.3, 0.4) is 0 Å². The third kappa shape index (κ3) is 4.45. The van der Waals surface area contributed by atoms with E-state index in [1.54, 1.807) is 0 Å². The molecule has 5 aromatic rings. The molecule has 0 saturated carbocycles. The predicted molar refractivity (Wildman–Crippen MR) is 124 cm³/mol. The van der Waals surface area contributed by atoms with Gasteiger partial charge in [-0.05, 0) is 18.2 Å². The highest BCUT2D eigenvalue weighted by Gasteiger charge is 2.41. The first-order valence-corrected chi connectivity index (χ1v) is 10.8. The number of hydrogen-bond donors (Lipinski definition) is 2. The summed E-state index contributed by atoms with van der Waals surface area (Å²) in [6.07, 6.45) is 1.00. The Morgan fingerprint density at radius 3 is 2.65 bits per heavy atom. The van der Waals surface area contributed by atoms with Gasteiger partial charge in [-0.25, -0.2) is 19.1 Å². The van der Waals surface area contributed by atoms with Crippen LogP contribution in [0.5, 0.6) is 5.75 Å². The van der Waals surface area contributed by atoms with Crippen LogP contribution in [0.1, 0.15) is 21.6 Å². The molecule has 4 aromatic heterocycles. The number of esters is 1. The smallest absolute Gasteiger partial charge is 0.421 e. The number of benzene rings is 1. The summed E-state index contributed by atoms with van der Waals surface area (Å²) in [6.45, 7) is -0.252. The Labute approximate surface area is 209 Å². The molecule has 0 radical (unpaired) electrons. The Hall–Kier alpha value is -4.49. The molecule has 14 heteroatoms. The van der Waals surface area contributed by atoms with Crippen LogP contribution in [0.25, 0.3) is 22.3 Å². The van der Waals surface area contributed by atoms with E-state index < -0.39 is 29.0 Å². The number of carbonyl (C=O) groups excluding carboxylic acids is 1. The van der Waals surface area contributed by atoms with Crippen LogP contribution in [0, 0.1) is 0 Å². The summed E-state index contributed by atoms with van der Waals surface area (Å²) in [4.78, 5) is 31.4. The molecule has 188 valence electrons. The Morgan fingerprint density at radius 1 is 1.14 bits per heavy atom. The summed E-state index contributed by atoms with van der Waals surface area (Å²) in [5.74, 6) is -1.41. The van der Waals surface area contributed by atoms with Crippen LogP contribution >= 0.6 is 11.6 Å². The maximum atomic E-state index is 14.1. The van der Waals surface area contributed by atoms with E-state index in [-0.39, 0.29) is 39.7 Å². The first-order chi connectivity index (χ1) is 17.7. The summed E-state index contributed by atoms with van der Waals surface area (Å²) in [7, 11) is 0. The zero-order chi connectivity index (χ0) is 26.3. The van der Waals surface area contributed by atoms with Crippen molar-refractivity contribution in [1.82, 2.24) is 29.5 Å². The fourth-order valence-corrected chi connectivity index (χ4v) is 3.94. The lowest BCUT2D eigenvalue weighted by atomic mass is 10.1. The molecular formula is C23H14ClF3N6O4. The number of aromatic amines is 1. The molecule has 0 aliphatic carbocycles. The molecule has 0 aliphatic heterocycles. The van der Waals surface area contributed by atoms with Crippen LogP contribution in [-0.2, 0) is 12.8 Å². The molecule has 0 bridgehead atoms. The van der Waals surface area contributed by atoms with Gasteiger partial charge in [-0.3, -0.25) is 4.79 Å². The number of nitrogens with one attached hydrogen (secondary N) is 1. The zero-order valence-corrected chi connectivity index (χ0v) is 19.2. The number of hydrogen-bond acceptors (Lipinski definition) is 7. The summed E-state index contributed by atoms with van der Waals surface area (Å²) in [5, 5.41) is 17.3. The summed E-state index contributed by atoms with van der Waals surface area (Å²) in [5.41, 5.74) is -2.27. The van der Waals surface area contributed by atoms with Gasteiger partial charge in [-0.15, -0.1) is 0 Å². The first-order valence-electron chi connectivity index (χ1n) is 10.5. The van der Waals surface area contributed by atoms with E-state index in [9.17, 15) is 27.9 Å². The highest BCUT2D eigenvalue weighted by Crippen LogP contribution is 2.35. The van der Waals surface area contributed by atoms with Crippen molar-refractivity contribution in [3.05, 3.63) is 93.5 Å². The standard InChI is InChI=1S/C23H14ClF3N6O4/c24-17-6-13(8-29-20(17)32-10-12(11-34)7-30-32)37-22(36)16-9-31-33(19(16)23(25,26)27)18-3-1-2-15-14(18)4-5-28-21(15)35/h1-10,34H,11H2,(H,28,35). The number of halogens is 4. The number of aromatic nitrogens is 6. The van der Waals surface area contributed by atoms with Gasteiger partial charge in [-0.2, -0.15) is 23.4 Å². The molecule has 37 heavy (non-hydrogen) atoms. The Bertz CT molecular complexity index is 1710. The molecule has 0 fully saturated rings. The van der Waals surface area contributed by atoms with Crippen molar-refractivity contribution in [3.63, 3.8) is 0 Å². The van der Waals surface area contributed by atoms with E-state index in [0.717, 1.165) is 12.4 Å². The lowest BCUT2D eigenvalue weighted by Crippen LogP contribution is -2.20. The van der Waals surface area contributed by atoms with Gasteiger partial charge in [0.2, 0.25) is 0 Å². The molecule has 4 heterocycles. The third-order valence-corrected chi connectivity index (χ3v) is 5.60. The van der Waals surface area contributed by atoms with Crippen molar-refractivity contribution in [2.75, 3.05) is 0 Å². The molecular weight excluding hydrogens is 517 g/mol. The molecule has 0 atom stereocenters. The SMILES string of the molecule is O=C(Oc1cnc(-n2cc(CO)cn2)c(Cl)c1)c1cnn(-c2cccc3c(=O)[nH]ccc23)c1C(F)(F)F. The number of rotatable bonds is 5. The molecule has 1 aromatic carbocycles. The number of aliphatic hydroxyl groups excluding tert-OH is 1. The van der Waals surface area contributed by atoms with Gasteiger partial charge >= 0.3 is 12.1 Å². The summed E-state index contributed by atoms with van der Waals surface area (Å²) >= 11 is 6.20. The van der Waals surface area contributed by atoms with Crippen molar-refractivity contribution < 1.29 is 27.8 Å². The molecule has 2 N–H and O–H groups in total. The molecule has 5 rings (SSSR count). The normalized spacial score (nSPS) is 11.7. The lowest BCUT2D eigenvalue weighted by molar-refractivity contribution is -0.143. The Morgan fingerprint density at radius 2 is 1.95 bits per heavy atom. The van der Waals surface area contributed by atoms with E-state index in [4.69, 9.17) is 16.3 Å². The summed E-state index contributed by atoms with van der Waals surface area (Å²) < 4.78 is 49.4. The number of aliphatic hydroxyl groups is 1. The minimum absolute atomic E-state index is 0.00870. The minimum Gasteiger partial charge on any atom is -0.421 e. The van der Waals surface area contributed by atoms with Gasteiger partial charge in [0.15, 0.2) is 17.3 Å². The molecule has 0 aliphatic rings. The summed E-state index contributed by atoms with van der Waals surface area (Å²) in [6, 6.07) is 6.84. The van der Waals surface area contributed by atoms with Crippen LogP contribution in [0.4, 0.5) is 13.2 Å². The monoisotopic (exact) mass is 530 g/mol. The average molecular weight is 531 g/mol. The third-order valence-electron chi connectivity index (χ3n) is 5.32. The van der Waals surface area contributed by atoms with Crippen LogP contribution in [-0.4, -0.2) is 40.6 Å². The van der Waals surface area contributed by atoms with Crippen LogP contribution < -0.4 is 10.3 Å². The number of pyridine rings is 2. The molecule has 0 unspecified atom stereocenters. The quantitative estimate of drug-likeness (QED) is 0.332. The van der Waals surface area contributed by atoms with Crippen molar-refractivity contribution in [2.24, 2.45) is 0 Å². The first kappa shape index (κ1) is 24.2. The van der Waals surface area contributed by atoms with Gasteiger partial charge in [0, 0.05) is 34.8 Å². The van der Waals surface area contributed by atoms with Gasteiger partial charge in [-0.1, -0.05) is 17.7 Å². The topological polar surface area (TPSA) is 128 Å². The fourth-order valence-electron chi connectivity index (χ4n) is 3.70. The zero-order valence-electron chi connectivity index (χ0n) is 18.4. The van der Waals surface area contributed by atoms with Crippen molar-refractivity contribution in [2.45, 2.75) is 12.8 Å². The van der Waals surface area contributed by atoms with Gasteiger partial charge < -0.3 is 14.8 Å². The molecule has 0 saturated heterocycles. The number of fused-ring (bicyclic) bond motifs is 1. The highest BCUT2D eigenvalue weighted by atomic mass is 35.5. The highest BCUT2D eigenvalue weighted by molar-refractivity contribution is 6.32. The average Bonchev–Trinajstić information content (AvgIpc) is 3.52. The van der Waals surface area contributed by atoms with E-state index in [0.29, 0.717) is 10.2 Å². The number of H-pyrrole nitrogens is 1. The second-order valence-corrected chi connectivity index (χ2v) is 8.09. The molecule has 0 amide bonds. The number of alkyl halides is 3. The van der Waals surface area contributed by atoms with Gasteiger partial charge in [0.05, 0.1) is 35.9 Å².